The van der Waals surface area contributed by atoms with E-state index in [9.17, 15) is 8.42 Å². The molecule has 3 unspecified atom stereocenters. The van der Waals surface area contributed by atoms with Gasteiger partial charge in [-0.2, -0.15) is 0 Å². The lowest BCUT2D eigenvalue weighted by Gasteiger charge is -2.34. The van der Waals surface area contributed by atoms with Gasteiger partial charge in [-0.1, -0.05) is 32.9 Å². The van der Waals surface area contributed by atoms with Crippen molar-refractivity contribution >= 4 is 15.5 Å². The zero-order valence-corrected chi connectivity index (χ0v) is 13.4. The van der Waals surface area contributed by atoms with Crippen LogP contribution in [0.5, 0.6) is 0 Å². The Morgan fingerprint density at radius 3 is 2.55 bits per heavy atom. The molecule has 1 aliphatic rings. The third-order valence-electron chi connectivity index (χ3n) is 4.37. The molecule has 0 heterocycles. The average Bonchev–Trinajstić information content (AvgIpc) is 2.42. The van der Waals surface area contributed by atoms with Crippen LogP contribution in [0.15, 0.2) is 29.2 Å². The molecule has 1 saturated carbocycles. The van der Waals surface area contributed by atoms with Crippen molar-refractivity contribution in [3.63, 3.8) is 0 Å². The summed E-state index contributed by atoms with van der Waals surface area (Å²) in [4.78, 5) is 0.438. The van der Waals surface area contributed by atoms with E-state index < -0.39 is 9.84 Å². The lowest BCUT2D eigenvalue weighted by atomic mass is 9.80. The highest BCUT2D eigenvalue weighted by atomic mass is 32.2. The zero-order chi connectivity index (χ0) is 14.8. The summed E-state index contributed by atoms with van der Waals surface area (Å²) in [5.74, 6) is 1.50. The largest absolute Gasteiger partial charge is 0.381 e. The molecule has 20 heavy (non-hydrogen) atoms. The summed E-state index contributed by atoms with van der Waals surface area (Å²) < 4.78 is 24.3. The van der Waals surface area contributed by atoms with Gasteiger partial charge in [0.1, 0.15) is 0 Å². The summed E-state index contributed by atoms with van der Waals surface area (Å²) in [7, 11) is -3.17. The van der Waals surface area contributed by atoms with Gasteiger partial charge >= 0.3 is 0 Å². The van der Waals surface area contributed by atoms with E-state index in [1.54, 1.807) is 19.1 Å². The van der Waals surface area contributed by atoms with Gasteiger partial charge in [0.15, 0.2) is 9.84 Å². The van der Waals surface area contributed by atoms with Crippen molar-refractivity contribution in [3.05, 3.63) is 24.3 Å². The van der Waals surface area contributed by atoms with Gasteiger partial charge in [-0.3, -0.25) is 0 Å². The topological polar surface area (TPSA) is 46.2 Å². The van der Waals surface area contributed by atoms with Crippen LogP contribution in [0.1, 0.15) is 40.0 Å². The predicted molar refractivity (Wildman–Crippen MR) is 83.8 cm³/mol. The predicted octanol–water partition coefficient (Wildman–Crippen LogP) is 3.72. The van der Waals surface area contributed by atoms with E-state index in [0.29, 0.717) is 16.9 Å². The molecule has 0 bridgehead atoms. The Balaban J connectivity index is 2.22. The maximum absolute atomic E-state index is 12.2. The summed E-state index contributed by atoms with van der Waals surface area (Å²) in [5, 5.41) is 3.48. The first-order valence-electron chi connectivity index (χ1n) is 7.52. The molecule has 0 aliphatic heterocycles. The second-order valence-corrected chi connectivity index (χ2v) is 8.29. The number of rotatable bonds is 4. The molecule has 0 saturated heterocycles. The van der Waals surface area contributed by atoms with Crippen LogP contribution in [-0.4, -0.2) is 20.2 Å². The number of sulfone groups is 1. The number of hydrogen-bond acceptors (Lipinski definition) is 3. The molecule has 1 N–H and O–H groups in total. The Morgan fingerprint density at radius 2 is 1.90 bits per heavy atom. The van der Waals surface area contributed by atoms with Gasteiger partial charge in [0.05, 0.1) is 16.3 Å². The van der Waals surface area contributed by atoms with Crippen LogP contribution in [-0.2, 0) is 9.84 Å². The zero-order valence-electron chi connectivity index (χ0n) is 12.6. The molecule has 0 radical (unpaired) electrons. The molecule has 1 aliphatic carbocycles. The van der Waals surface area contributed by atoms with Crippen LogP contribution in [0.25, 0.3) is 0 Å². The van der Waals surface area contributed by atoms with E-state index in [4.69, 9.17) is 0 Å². The minimum absolute atomic E-state index is 0.142. The maximum atomic E-state index is 12.2. The summed E-state index contributed by atoms with van der Waals surface area (Å²) >= 11 is 0. The molecule has 0 aromatic heterocycles. The number of para-hydroxylation sites is 1. The van der Waals surface area contributed by atoms with Crippen molar-refractivity contribution in [2.24, 2.45) is 11.8 Å². The Kier molecular flexibility index (Phi) is 4.74. The average molecular weight is 295 g/mol. The quantitative estimate of drug-likeness (QED) is 0.921. The van der Waals surface area contributed by atoms with Crippen molar-refractivity contribution in [1.29, 1.82) is 0 Å². The van der Waals surface area contributed by atoms with E-state index in [1.807, 2.05) is 12.1 Å². The van der Waals surface area contributed by atoms with Crippen LogP contribution in [0.3, 0.4) is 0 Å². The number of nitrogens with one attached hydrogen (secondary N) is 1. The van der Waals surface area contributed by atoms with E-state index in [0.717, 1.165) is 18.0 Å². The van der Waals surface area contributed by atoms with Gasteiger partial charge in [0.2, 0.25) is 0 Å². The summed E-state index contributed by atoms with van der Waals surface area (Å²) in [6, 6.07) is 7.65. The fourth-order valence-electron chi connectivity index (χ4n) is 3.09. The minimum Gasteiger partial charge on any atom is -0.381 e. The molecule has 112 valence electrons. The van der Waals surface area contributed by atoms with Gasteiger partial charge in [-0.25, -0.2) is 8.42 Å². The first-order valence-corrected chi connectivity index (χ1v) is 9.17. The normalized spacial score (nSPS) is 27.2. The highest BCUT2D eigenvalue weighted by Gasteiger charge is 2.26. The van der Waals surface area contributed by atoms with Gasteiger partial charge in [0.25, 0.3) is 0 Å². The van der Waals surface area contributed by atoms with E-state index in [1.165, 1.54) is 12.8 Å². The molecule has 1 aromatic carbocycles. The van der Waals surface area contributed by atoms with Gasteiger partial charge in [-0.05, 0) is 43.2 Å². The second-order valence-electron chi connectivity index (χ2n) is 6.05. The molecular formula is C16H25NO2S. The van der Waals surface area contributed by atoms with Crippen LogP contribution in [0.4, 0.5) is 5.69 Å². The third-order valence-corrected chi connectivity index (χ3v) is 6.16. The first-order chi connectivity index (χ1) is 9.44. The number of anilines is 1. The number of hydrogen-bond donors (Lipinski definition) is 1. The lowest BCUT2D eigenvalue weighted by molar-refractivity contribution is 0.276. The highest BCUT2D eigenvalue weighted by molar-refractivity contribution is 7.91. The smallest absolute Gasteiger partial charge is 0.180 e. The second kappa shape index (κ2) is 6.17. The summed E-state index contributed by atoms with van der Waals surface area (Å²) in [5.41, 5.74) is 0.765. The molecule has 1 fully saturated rings. The molecule has 4 heteroatoms. The molecule has 2 rings (SSSR count). The Morgan fingerprint density at radius 1 is 1.20 bits per heavy atom. The van der Waals surface area contributed by atoms with Crippen LogP contribution >= 0.6 is 0 Å². The Hall–Kier alpha value is -1.03. The highest BCUT2D eigenvalue weighted by Crippen LogP contribution is 2.32. The van der Waals surface area contributed by atoms with Gasteiger partial charge in [0, 0.05) is 6.04 Å². The molecule has 1 aromatic rings. The molecule has 0 amide bonds. The van der Waals surface area contributed by atoms with E-state index in [-0.39, 0.29) is 5.75 Å². The molecular weight excluding hydrogens is 270 g/mol. The van der Waals surface area contributed by atoms with Crippen molar-refractivity contribution in [1.82, 2.24) is 0 Å². The van der Waals surface area contributed by atoms with Crippen molar-refractivity contribution in [2.75, 3.05) is 11.1 Å². The van der Waals surface area contributed by atoms with Crippen molar-refractivity contribution < 1.29 is 8.42 Å². The Bertz CT molecular complexity index is 553. The summed E-state index contributed by atoms with van der Waals surface area (Å²) in [6.45, 7) is 6.24. The standard InChI is InChI=1S/C16H25NO2S/c1-4-20(18,19)16-8-6-5-7-15(16)17-14-10-9-12(2)11-13(14)3/h5-8,12-14,17H,4,9-11H2,1-3H3. The maximum Gasteiger partial charge on any atom is 0.180 e. The monoisotopic (exact) mass is 295 g/mol. The van der Waals surface area contributed by atoms with Crippen molar-refractivity contribution in [3.8, 4) is 0 Å². The van der Waals surface area contributed by atoms with E-state index >= 15 is 0 Å². The van der Waals surface area contributed by atoms with Crippen molar-refractivity contribution in [2.45, 2.75) is 51.0 Å². The van der Waals surface area contributed by atoms with Crippen LogP contribution < -0.4 is 5.32 Å². The van der Waals surface area contributed by atoms with E-state index in [2.05, 4.69) is 19.2 Å². The first kappa shape index (κ1) is 15.4. The summed E-state index contributed by atoms with van der Waals surface area (Å²) in [6.07, 6.45) is 3.54. The molecule has 3 atom stereocenters. The minimum atomic E-state index is -3.17. The lowest BCUT2D eigenvalue weighted by Crippen LogP contribution is -2.33. The Labute approximate surface area is 122 Å². The fraction of sp³-hybridized carbons (Fsp3) is 0.625. The number of benzene rings is 1. The van der Waals surface area contributed by atoms with Gasteiger partial charge < -0.3 is 5.32 Å². The molecule has 0 spiro atoms. The van der Waals surface area contributed by atoms with Gasteiger partial charge in [-0.15, -0.1) is 0 Å². The van der Waals surface area contributed by atoms with Crippen LogP contribution in [0, 0.1) is 11.8 Å². The molecule has 3 nitrogen and oxygen atoms in total. The SMILES string of the molecule is CCS(=O)(=O)c1ccccc1NC1CCC(C)CC1C. The van der Waals surface area contributed by atoms with Crippen LogP contribution in [0.2, 0.25) is 0 Å². The fourth-order valence-corrected chi connectivity index (χ4v) is 4.15. The third kappa shape index (κ3) is 3.35.